The fourth-order valence-electron chi connectivity index (χ4n) is 4.65. The van der Waals surface area contributed by atoms with Crippen LogP contribution in [-0.4, -0.2) is 39.0 Å². The summed E-state index contributed by atoms with van der Waals surface area (Å²) < 4.78 is 17.9. The Morgan fingerprint density at radius 2 is 2.06 bits per heavy atom. The van der Waals surface area contributed by atoms with Crippen LogP contribution in [0.25, 0.3) is 43.8 Å². The Morgan fingerprint density at radius 3 is 2.82 bits per heavy atom. The smallest absolute Gasteiger partial charge is 0.181 e. The minimum Gasteiger partial charge on any atom is -0.396 e. The number of nitrogens with two attached hydrogens (primary N) is 1. The molecule has 2 N–H and O–H groups in total. The summed E-state index contributed by atoms with van der Waals surface area (Å²) in [6, 6.07) is 6.61. The van der Waals surface area contributed by atoms with Gasteiger partial charge in [-0.2, -0.15) is 10.2 Å². The number of nitrogen functional groups attached to an aromatic ring is 1. The molecule has 8 nitrogen and oxygen atoms in total. The molecule has 0 saturated heterocycles. The molecule has 34 heavy (non-hydrogen) atoms. The van der Waals surface area contributed by atoms with E-state index in [1.54, 1.807) is 4.68 Å². The summed E-state index contributed by atoms with van der Waals surface area (Å²) in [5.41, 5.74) is 11.7. The van der Waals surface area contributed by atoms with E-state index in [1.165, 1.54) is 11.3 Å². The van der Waals surface area contributed by atoms with Crippen LogP contribution in [0.5, 0.6) is 0 Å². The van der Waals surface area contributed by atoms with E-state index in [4.69, 9.17) is 10.7 Å². The molecule has 0 unspecified atom stereocenters. The number of fused-ring (bicyclic) bond motifs is 2. The minimum atomic E-state index is -1.10. The van der Waals surface area contributed by atoms with Gasteiger partial charge in [0.05, 0.1) is 33.9 Å². The fourth-order valence-corrected chi connectivity index (χ4v) is 7.86. The lowest BCUT2D eigenvalue weighted by molar-refractivity contribution is 0.505. The molecule has 0 aromatic carbocycles. The summed E-state index contributed by atoms with van der Waals surface area (Å²) in [7, 11) is 0.788. The molecule has 2 aliphatic carbocycles. The lowest BCUT2D eigenvalue weighted by Crippen LogP contribution is -2.23. The zero-order chi connectivity index (χ0) is 23.0. The van der Waals surface area contributed by atoms with Crippen molar-refractivity contribution in [3.8, 4) is 22.5 Å². The van der Waals surface area contributed by atoms with Crippen molar-refractivity contribution in [1.82, 2.24) is 29.5 Å². The topological polar surface area (TPSA) is 105 Å². The Bertz CT molecular complexity index is 1610. The second-order valence-electron chi connectivity index (χ2n) is 9.22. The highest BCUT2D eigenvalue weighted by molar-refractivity contribution is 7.88. The Labute approximate surface area is 202 Å². The molecular formula is C24H23N7OS2. The predicted octanol–water partition coefficient (Wildman–Crippen LogP) is 4.69. The first-order valence-electron chi connectivity index (χ1n) is 11.5. The molecule has 10 heteroatoms. The van der Waals surface area contributed by atoms with Crippen molar-refractivity contribution >= 4 is 49.1 Å². The molecule has 0 amide bonds. The van der Waals surface area contributed by atoms with Crippen LogP contribution in [0.1, 0.15) is 38.1 Å². The maximum absolute atomic E-state index is 13.3. The van der Waals surface area contributed by atoms with Crippen molar-refractivity contribution in [2.75, 3.05) is 5.73 Å². The van der Waals surface area contributed by atoms with Crippen LogP contribution in [0.3, 0.4) is 0 Å². The van der Waals surface area contributed by atoms with E-state index in [0.29, 0.717) is 17.4 Å². The first kappa shape index (κ1) is 20.3. The van der Waals surface area contributed by atoms with E-state index in [9.17, 15) is 4.21 Å². The van der Waals surface area contributed by atoms with Crippen LogP contribution in [0.2, 0.25) is 0 Å². The minimum absolute atomic E-state index is 0.201. The van der Waals surface area contributed by atoms with E-state index in [0.717, 1.165) is 74.4 Å². The van der Waals surface area contributed by atoms with Gasteiger partial charge in [0.15, 0.2) is 5.65 Å². The van der Waals surface area contributed by atoms with Gasteiger partial charge < -0.3 is 5.73 Å². The SMILES string of the molecule is Cn1cc2cc(-c3cc(-c4ccnn4C4CC4)c4c(N)c([S@@](=O)C5CCC5)sc4n3)cnc2n1. The number of rotatable bonds is 5. The van der Waals surface area contributed by atoms with E-state index in [1.807, 2.05) is 31.7 Å². The summed E-state index contributed by atoms with van der Waals surface area (Å²) in [5, 5.41) is 11.0. The molecule has 0 radical (unpaired) electrons. The Balaban J connectivity index is 1.46. The van der Waals surface area contributed by atoms with Gasteiger partial charge in [0, 0.05) is 52.8 Å². The second kappa shape index (κ2) is 7.44. The van der Waals surface area contributed by atoms with Crippen molar-refractivity contribution in [2.24, 2.45) is 7.05 Å². The molecule has 7 rings (SSSR count). The summed E-state index contributed by atoms with van der Waals surface area (Å²) in [6.45, 7) is 0. The van der Waals surface area contributed by atoms with E-state index >= 15 is 0 Å². The maximum Gasteiger partial charge on any atom is 0.181 e. The van der Waals surface area contributed by atoms with Gasteiger partial charge in [-0.05, 0) is 43.9 Å². The number of hydrogen-bond acceptors (Lipinski definition) is 7. The van der Waals surface area contributed by atoms with E-state index in [-0.39, 0.29) is 5.25 Å². The molecular weight excluding hydrogens is 466 g/mol. The summed E-state index contributed by atoms with van der Waals surface area (Å²) >= 11 is 1.46. The van der Waals surface area contributed by atoms with Gasteiger partial charge in [0.25, 0.3) is 0 Å². The number of hydrogen-bond donors (Lipinski definition) is 1. The second-order valence-corrected chi connectivity index (χ2v) is 12.1. The summed E-state index contributed by atoms with van der Waals surface area (Å²) in [6.07, 6.45) is 11.0. The average Bonchev–Trinajstić information content (AvgIpc) is 3.23. The van der Waals surface area contributed by atoms with Gasteiger partial charge in [0.2, 0.25) is 0 Å². The van der Waals surface area contributed by atoms with Gasteiger partial charge >= 0.3 is 0 Å². The third kappa shape index (κ3) is 3.12. The van der Waals surface area contributed by atoms with Crippen LogP contribution in [0.4, 0.5) is 5.69 Å². The molecule has 2 aliphatic rings. The van der Waals surface area contributed by atoms with Crippen molar-refractivity contribution in [3.63, 3.8) is 0 Å². The Morgan fingerprint density at radius 1 is 1.21 bits per heavy atom. The van der Waals surface area contributed by atoms with Crippen molar-refractivity contribution in [1.29, 1.82) is 0 Å². The first-order valence-corrected chi connectivity index (χ1v) is 13.6. The third-order valence-corrected chi connectivity index (χ3v) is 10.1. The Kier molecular flexibility index (Phi) is 4.44. The molecule has 1 atom stereocenters. The average molecular weight is 490 g/mol. The molecule has 5 aromatic rings. The van der Waals surface area contributed by atoms with Crippen LogP contribution < -0.4 is 5.73 Å². The van der Waals surface area contributed by atoms with Crippen molar-refractivity contribution in [3.05, 3.63) is 36.8 Å². The fraction of sp³-hybridized carbons (Fsp3) is 0.333. The summed E-state index contributed by atoms with van der Waals surface area (Å²) in [4.78, 5) is 10.3. The van der Waals surface area contributed by atoms with Gasteiger partial charge in [-0.15, -0.1) is 11.3 Å². The molecule has 5 aromatic heterocycles. The molecule has 2 fully saturated rings. The molecule has 0 aliphatic heterocycles. The highest BCUT2D eigenvalue weighted by atomic mass is 32.2. The number of pyridine rings is 2. The molecule has 0 bridgehead atoms. The van der Waals surface area contributed by atoms with E-state index < -0.39 is 10.8 Å². The van der Waals surface area contributed by atoms with E-state index in [2.05, 4.69) is 32.0 Å². The standard InChI is InChI=1S/C24H23N7OS2/c1-30-12-14-9-13(11-26-22(14)29-30)18-10-17(19-7-8-27-31(19)15-5-6-15)20-21(25)24(33-23(20)28-18)34(32)16-3-2-4-16/h7-12,15-16H,2-6,25H2,1H3/t34-/m0/s1. The van der Waals surface area contributed by atoms with Gasteiger partial charge in [-0.1, -0.05) is 6.42 Å². The van der Waals surface area contributed by atoms with Crippen molar-refractivity contribution in [2.45, 2.75) is 47.6 Å². The normalized spacial score (nSPS) is 17.4. The van der Waals surface area contributed by atoms with Crippen molar-refractivity contribution < 1.29 is 4.21 Å². The third-order valence-electron chi connectivity index (χ3n) is 6.81. The molecule has 0 spiro atoms. The number of anilines is 1. The molecule has 5 heterocycles. The monoisotopic (exact) mass is 489 g/mol. The maximum atomic E-state index is 13.3. The number of aromatic nitrogens is 6. The number of thiophene rings is 1. The Hall–Kier alpha value is -3.11. The predicted molar refractivity (Wildman–Crippen MR) is 135 cm³/mol. The van der Waals surface area contributed by atoms with Crippen LogP contribution in [0, 0.1) is 0 Å². The largest absolute Gasteiger partial charge is 0.396 e. The van der Waals surface area contributed by atoms with Gasteiger partial charge in [0.1, 0.15) is 9.04 Å². The number of aryl methyl sites for hydroxylation is 1. The van der Waals surface area contributed by atoms with Crippen LogP contribution in [-0.2, 0) is 17.8 Å². The lowest BCUT2D eigenvalue weighted by Gasteiger charge is -2.23. The highest BCUT2D eigenvalue weighted by Crippen LogP contribution is 2.46. The highest BCUT2D eigenvalue weighted by Gasteiger charge is 2.31. The zero-order valence-corrected chi connectivity index (χ0v) is 20.3. The molecule has 2 saturated carbocycles. The quantitative estimate of drug-likeness (QED) is 0.384. The lowest BCUT2D eigenvalue weighted by atomic mass is 10.0. The first-order chi connectivity index (χ1) is 16.6. The van der Waals surface area contributed by atoms with Gasteiger partial charge in [-0.25, -0.2) is 9.97 Å². The van der Waals surface area contributed by atoms with Gasteiger partial charge in [-0.3, -0.25) is 13.6 Å². The zero-order valence-electron chi connectivity index (χ0n) is 18.6. The number of nitrogens with zero attached hydrogens (tertiary/aromatic N) is 6. The summed E-state index contributed by atoms with van der Waals surface area (Å²) in [5.74, 6) is 0. The van der Waals surface area contributed by atoms with Crippen LogP contribution in [0.15, 0.2) is 41.0 Å². The van der Waals surface area contributed by atoms with Crippen LogP contribution >= 0.6 is 11.3 Å². The molecule has 172 valence electrons.